The number of nitrogens with one attached hydrogen (secondary N) is 1. The molecule has 0 aromatic carbocycles. The molecule has 2 saturated heterocycles. The Balaban J connectivity index is 1.39. The van der Waals surface area contributed by atoms with E-state index >= 15 is 0 Å². The van der Waals surface area contributed by atoms with Gasteiger partial charge < -0.3 is 15.0 Å². The summed E-state index contributed by atoms with van der Waals surface area (Å²) in [5, 5.41) is 13.4. The van der Waals surface area contributed by atoms with Crippen LogP contribution in [-0.2, 0) is 14.3 Å². The fourth-order valence-corrected chi connectivity index (χ4v) is 6.72. The number of hydrogen-bond acceptors (Lipinski definition) is 5. The van der Waals surface area contributed by atoms with Gasteiger partial charge in [-0.1, -0.05) is 46.0 Å². The number of hydrogen-bond donors (Lipinski definition) is 1. The van der Waals surface area contributed by atoms with Crippen LogP contribution in [0.15, 0.2) is 0 Å². The number of nitrogens with zero attached hydrogens (tertiary/aromatic N) is 3. The van der Waals surface area contributed by atoms with Crippen LogP contribution in [0, 0.1) is 28.6 Å². The van der Waals surface area contributed by atoms with E-state index in [-0.39, 0.29) is 24.2 Å². The minimum atomic E-state index is -0.836. The average molecular weight is 487 g/mol. The Bertz CT molecular complexity index is 772. The maximum Gasteiger partial charge on any atom is 0.224 e. The second-order valence-corrected chi connectivity index (χ2v) is 12.4. The summed E-state index contributed by atoms with van der Waals surface area (Å²) < 4.78 is 5.40. The van der Waals surface area contributed by atoms with Crippen LogP contribution in [0.4, 0.5) is 0 Å². The van der Waals surface area contributed by atoms with Crippen molar-refractivity contribution in [2.75, 3.05) is 39.4 Å². The first-order valence-electron chi connectivity index (χ1n) is 14.1. The van der Waals surface area contributed by atoms with Crippen LogP contribution < -0.4 is 5.32 Å². The molecule has 0 radical (unpaired) electrons. The van der Waals surface area contributed by atoms with Gasteiger partial charge in [-0.15, -0.1) is 0 Å². The molecule has 4 rings (SSSR count). The van der Waals surface area contributed by atoms with Crippen LogP contribution in [0.2, 0.25) is 0 Å². The number of carbonyl (C=O) groups excluding carboxylic acids is 2. The third-order valence-corrected chi connectivity index (χ3v) is 9.20. The largest absolute Gasteiger partial charge is 0.378 e. The third kappa shape index (κ3) is 6.98. The lowest BCUT2D eigenvalue weighted by molar-refractivity contribution is -0.140. The third-order valence-electron chi connectivity index (χ3n) is 9.20. The molecule has 0 unspecified atom stereocenters. The molecule has 2 aliphatic carbocycles. The number of nitriles is 1. The highest BCUT2D eigenvalue weighted by Gasteiger charge is 2.44. The molecule has 1 N–H and O–H groups in total. The van der Waals surface area contributed by atoms with Crippen molar-refractivity contribution in [3.8, 4) is 6.07 Å². The summed E-state index contributed by atoms with van der Waals surface area (Å²) in [5.41, 5.74) is -0.424. The monoisotopic (exact) mass is 486 g/mol. The van der Waals surface area contributed by atoms with Crippen molar-refractivity contribution >= 4 is 11.8 Å². The van der Waals surface area contributed by atoms with Gasteiger partial charge in [-0.3, -0.25) is 14.5 Å². The predicted molar refractivity (Wildman–Crippen MR) is 135 cm³/mol. The van der Waals surface area contributed by atoms with Gasteiger partial charge in [0.2, 0.25) is 11.8 Å². The molecule has 2 saturated carbocycles. The molecular weight excluding hydrogens is 440 g/mol. The number of likely N-dealkylation sites (tertiary alicyclic amines) is 1. The lowest BCUT2D eigenvalue weighted by atomic mass is 9.75. The molecule has 0 aromatic rings. The first-order valence-corrected chi connectivity index (χ1v) is 14.1. The quantitative estimate of drug-likeness (QED) is 0.590. The van der Waals surface area contributed by atoms with Crippen LogP contribution in [0.3, 0.4) is 0 Å². The summed E-state index contributed by atoms with van der Waals surface area (Å²) in [6, 6.07) is 2.99. The smallest absolute Gasteiger partial charge is 0.224 e. The summed E-state index contributed by atoms with van der Waals surface area (Å²) in [6.07, 6.45) is 12.4. The summed E-state index contributed by atoms with van der Waals surface area (Å²) in [5.74, 6) is 0.0994. The van der Waals surface area contributed by atoms with E-state index in [1.54, 1.807) is 0 Å². The topological polar surface area (TPSA) is 85.7 Å². The molecule has 7 heteroatoms. The highest BCUT2D eigenvalue weighted by atomic mass is 16.5. The molecule has 0 aromatic heterocycles. The van der Waals surface area contributed by atoms with Gasteiger partial charge in [0.1, 0.15) is 5.54 Å². The Hall–Kier alpha value is -1.65. The van der Waals surface area contributed by atoms with E-state index in [0.29, 0.717) is 56.6 Å². The van der Waals surface area contributed by atoms with Gasteiger partial charge in [-0.2, -0.15) is 5.26 Å². The number of morpholine rings is 1. The summed E-state index contributed by atoms with van der Waals surface area (Å²) in [4.78, 5) is 31.0. The number of rotatable bonds is 7. The van der Waals surface area contributed by atoms with E-state index in [1.807, 2.05) is 4.90 Å². The molecule has 2 heterocycles. The van der Waals surface area contributed by atoms with Crippen molar-refractivity contribution in [3.05, 3.63) is 0 Å². The van der Waals surface area contributed by atoms with Gasteiger partial charge in [-0.25, -0.2) is 0 Å². The zero-order valence-electron chi connectivity index (χ0n) is 22.0. The zero-order chi connectivity index (χ0) is 24.9. The fourth-order valence-electron chi connectivity index (χ4n) is 6.72. The molecule has 2 amide bonds. The molecule has 4 fully saturated rings. The Morgan fingerprint density at radius 3 is 2.37 bits per heavy atom. The molecule has 196 valence electrons. The number of ether oxygens (including phenoxy) is 1. The minimum absolute atomic E-state index is 0.0492. The van der Waals surface area contributed by atoms with Crippen molar-refractivity contribution in [1.82, 2.24) is 15.1 Å². The van der Waals surface area contributed by atoms with Gasteiger partial charge >= 0.3 is 0 Å². The first-order chi connectivity index (χ1) is 16.8. The first kappa shape index (κ1) is 26.4. The lowest BCUT2D eigenvalue weighted by Crippen LogP contribution is -2.53. The number of amides is 2. The van der Waals surface area contributed by atoms with Gasteiger partial charge in [0.25, 0.3) is 0 Å². The van der Waals surface area contributed by atoms with Gasteiger partial charge in [0, 0.05) is 44.6 Å². The Kier molecular flexibility index (Phi) is 8.76. The van der Waals surface area contributed by atoms with Crippen LogP contribution in [0.1, 0.15) is 90.9 Å². The Morgan fingerprint density at radius 2 is 1.71 bits per heavy atom. The molecule has 2 aliphatic heterocycles. The molecule has 0 bridgehead atoms. The maximum absolute atomic E-state index is 13.6. The minimum Gasteiger partial charge on any atom is -0.378 e. The highest BCUT2D eigenvalue weighted by molar-refractivity contribution is 5.86. The van der Waals surface area contributed by atoms with Gasteiger partial charge in [0.05, 0.1) is 19.3 Å². The van der Waals surface area contributed by atoms with Crippen molar-refractivity contribution in [2.24, 2.45) is 17.3 Å². The lowest BCUT2D eigenvalue weighted by Gasteiger charge is -2.39. The van der Waals surface area contributed by atoms with Crippen LogP contribution in [0.5, 0.6) is 0 Å². The second-order valence-electron chi connectivity index (χ2n) is 12.4. The molecule has 2 atom stereocenters. The van der Waals surface area contributed by atoms with Crippen molar-refractivity contribution in [1.29, 1.82) is 5.26 Å². The highest BCUT2D eigenvalue weighted by Crippen LogP contribution is 2.39. The summed E-state index contributed by atoms with van der Waals surface area (Å²) >= 11 is 0. The van der Waals surface area contributed by atoms with E-state index < -0.39 is 5.54 Å². The zero-order valence-corrected chi connectivity index (χ0v) is 22.0. The van der Waals surface area contributed by atoms with Gasteiger partial charge in [-0.05, 0) is 49.9 Å². The second kappa shape index (κ2) is 11.6. The normalized spacial score (nSPS) is 29.5. The molecule has 0 spiro atoms. The van der Waals surface area contributed by atoms with E-state index in [2.05, 4.69) is 30.1 Å². The maximum atomic E-state index is 13.6. The molecule has 4 aliphatic rings. The predicted octanol–water partition coefficient (Wildman–Crippen LogP) is 3.87. The SMILES string of the molecule is CC1(C)CCC(N2CC[C@@](C#N)(NC(=O)[C@@H](CC(=O)N3CCOCC3)CC3CCCCC3)C2)CC1. The van der Waals surface area contributed by atoms with Crippen molar-refractivity contribution in [3.63, 3.8) is 0 Å². The van der Waals surface area contributed by atoms with E-state index in [0.717, 1.165) is 25.8 Å². The Labute approximate surface area is 211 Å². The molecule has 35 heavy (non-hydrogen) atoms. The van der Waals surface area contributed by atoms with Crippen LogP contribution >= 0.6 is 0 Å². The summed E-state index contributed by atoms with van der Waals surface area (Å²) in [7, 11) is 0. The Morgan fingerprint density at radius 1 is 1.03 bits per heavy atom. The van der Waals surface area contributed by atoms with E-state index in [9.17, 15) is 14.9 Å². The average Bonchev–Trinajstić information content (AvgIpc) is 3.29. The van der Waals surface area contributed by atoms with Crippen molar-refractivity contribution in [2.45, 2.75) is 102 Å². The van der Waals surface area contributed by atoms with Crippen LogP contribution in [0.25, 0.3) is 0 Å². The molecule has 7 nitrogen and oxygen atoms in total. The number of carbonyl (C=O) groups is 2. The van der Waals surface area contributed by atoms with Crippen molar-refractivity contribution < 1.29 is 14.3 Å². The van der Waals surface area contributed by atoms with E-state index in [4.69, 9.17) is 4.74 Å². The van der Waals surface area contributed by atoms with Crippen LogP contribution in [-0.4, -0.2) is 72.6 Å². The van der Waals surface area contributed by atoms with E-state index in [1.165, 1.54) is 44.9 Å². The standard InChI is InChI=1S/C28H46N4O3/c1-27(2)10-8-24(9-11-27)32-13-12-28(20-29,21-32)30-26(34)23(18-22-6-4-3-5-7-22)19-25(33)31-14-16-35-17-15-31/h22-24H,3-19,21H2,1-2H3,(H,30,34)/t23-,28+/m1/s1. The molecular formula is C28H46N4O3. The fraction of sp³-hybridized carbons (Fsp3) is 0.893. The van der Waals surface area contributed by atoms with Gasteiger partial charge in [0.15, 0.2) is 0 Å². The summed E-state index contributed by atoms with van der Waals surface area (Å²) in [6.45, 7) is 8.49.